The number of hydrogen-bond acceptors (Lipinski definition) is 4. The van der Waals surface area contributed by atoms with Gasteiger partial charge in [-0.2, -0.15) is 0 Å². The average molecular weight is 273 g/mol. The Morgan fingerprint density at radius 2 is 1.89 bits per heavy atom. The standard InChI is InChI=1S/C13H11N3O2S/c17-19(18,9-11-4-2-1-3-5-11)16-7-6-12-8-14-10-15-13(12)16/h1-8,10H,9H2. The Balaban J connectivity index is 2.05. The zero-order valence-corrected chi connectivity index (χ0v) is 10.8. The first-order valence-electron chi connectivity index (χ1n) is 5.71. The highest BCUT2D eigenvalue weighted by atomic mass is 32.2. The molecule has 6 heteroatoms. The molecule has 2 heterocycles. The van der Waals surface area contributed by atoms with Gasteiger partial charge in [-0.3, -0.25) is 0 Å². The maximum Gasteiger partial charge on any atom is 0.244 e. The van der Waals surface area contributed by atoms with Crippen LogP contribution < -0.4 is 0 Å². The summed E-state index contributed by atoms with van der Waals surface area (Å²) in [4.78, 5) is 7.89. The molecule has 2 aromatic heterocycles. The first kappa shape index (κ1) is 11.9. The van der Waals surface area contributed by atoms with E-state index in [9.17, 15) is 8.42 Å². The van der Waals surface area contributed by atoms with Gasteiger partial charge in [-0.1, -0.05) is 30.3 Å². The normalized spacial score (nSPS) is 11.8. The van der Waals surface area contributed by atoms with Crippen molar-refractivity contribution >= 4 is 21.1 Å². The molecule has 0 unspecified atom stereocenters. The van der Waals surface area contributed by atoms with Crippen molar-refractivity contribution in [2.45, 2.75) is 5.75 Å². The van der Waals surface area contributed by atoms with Crippen LogP contribution in [0.4, 0.5) is 0 Å². The Labute approximate surface area is 110 Å². The van der Waals surface area contributed by atoms with Gasteiger partial charge in [0.25, 0.3) is 0 Å². The Hall–Kier alpha value is -2.21. The lowest BCUT2D eigenvalue weighted by molar-refractivity contribution is 0.588. The van der Waals surface area contributed by atoms with Crippen LogP contribution in [-0.2, 0) is 15.8 Å². The Bertz CT molecular complexity index is 810. The number of rotatable bonds is 3. The summed E-state index contributed by atoms with van der Waals surface area (Å²) in [5, 5.41) is 0.708. The van der Waals surface area contributed by atoms with Gasteiger partial charge in [0.15, 0.2) is 5.65 Å². The molecule has 0 N–H and O–H groups in total. The predicted octanol–water partition coefficient (Wildman–Crippen LogP) is 1.81. The van der Waals surface area contributed by atoms with Gasteiger partial charge < -0.3 is 0 Å². The quantitative estimate of drug-likeness (QED) is 0.730. The highest BCUT2D eigenvalue weighted by Gasteiger charge is 2.17. The summed E-state index contributed by atoms with van der Waals surface area (Å²) in [6.45, 7) is 0. The summed E-state index contributed by atoms with van der Waals surface area (Å²) in [5.41, 5.74) is 1.16. The Kier molecular flexibility index (Phi) is 2.79. The summed E-state index contributed by atoms with van der Waals surface area (Å²) in [6.07, 6.45) is 4.45. The molecule has 0 aliphatic carbocycles. The van der Waals surface area contributed by atoms with Crippen LogP contribution in [0.5, 0.6) is 0 Å². The van der Waals surface area contributed by atoms with E-state index in [1.807, 2.05) is 18.2 Å². The van der Waals surface area contributed by atoms with E-state index >= 15 is 0 Å². The SMILES string of the molecule is O=S(=O)(Cc1ccccc1)n1ccc2cncnc21. The highest BCUT2D eigenvalue weighted by Crippen LogP contribution is 2.16. The molecule has 1 aromatic carbocycles. The second-order valence-electron chi connectivity index (χ2n) is 4.16. The molecule has 0 saturated heterocycles. The fourth-order valence-corrected chi connectivity index (χ4v) is 3.35. The summed E-state index contributed by atoms with van der Waals surface area (Å²) < 4.78 is 26.0. The minimum atomic E-state index is -3.47. The third-order valence-electron chi connectivity index (χ3n) is 2.81. The molecule has 3 aromatic rings. The van der Waals surface area contributed by atoms with Crippen molar-refractivity contribution in [3.63, 3.8) is 0 Å². The van der Waals surface area contributed by atoms with Gasteiger partial charge in [0.1, 0.15) is 6.33 Å². The van der Waals surface area contributed by atoms with Crippen LogP contribution in [0.25, 0.3) is 11.0 Å². The second-order valence-corrected chi connectivity index (χ2v) is 6.00. The second kappa shape index (κ2) is 4.47. The van der Waals surface area contributed by atoms with Gasteiger partial charge in [-0.05, 0) is 11.6 Å². The molecule has 96 valence electrons. The molecular formula is C13H11N3O2S. The monoisotopic (exact) mass is 273 g/mol. The lowest BCUT2D eigenvalue weighted by Crippen LogP contribution is -2.14. The minimum Gasteiger partial charge on any atom is -0.244 e. The van der Waals surface area contributed by atoms with E-state index in [4.69, 9.17) is 0 Å². The zero-order chi connectivity index (χ0) is 13.3. The minimum absolute atomic E-state index is 0.0539. The molecule has 5 nitrogen and oxygen atoms in total. The molecule has 19 heavy (non-hydrogen) atoms. The number of benzene rings is 1. The largest absolute Gasteiger partial charge is 0.244 e. The number of fused-ring (bicyclic) bond motifs is 1. The summed E-state index contributed by atoms with van der Waals surface area (Å²) in [6, 6.07) is 10.8. The Morgan fingerprint density at radius 3 is 2.68 bits per heavy atom. The van der Waals surface area contributed by atoms with E-state index in [1.165, 1.54) is 16.5 Å². The first-order chi connectivity index (χ1) is 9.17. The summed E-state index contributed by atoms with van der Waals surface area (Å²) >= 11 is 0. The van der Waals surface area contributed by atoms with Crippen LogP contribution in [0.2, 0.25) is 0 Å². The number of aromatic nitrogens is 3. The van der Waals surface area contributed by atoms with Gasteiger partial charge in [0, 0.05) is 17.8 Å². The van der Waals surface area contributed by atoms with E-state index in [1.54, 1.807) is 24.4 Å². The maximum atomic E-state index is 12.4. The van der Waals surface area contributed by atoms with Gasteiger partial charge in [0.2, 0.25) is 10.0 Å². The molecular weight excluding hydrogens is 262 g/mol. The van der Waals surface area contributed by atoms with E-state index in [0.29, 0.717) is 11.0 Å². The fourth-order valence-electron chi connectivity index (χ4n) is 1.93. The number of hydrogen-bond donors (Lipinski definition) is 0. The first-order valence-corrected chi connectivity index (χ1v) is 7.32. The lowest BCUT2D eigenvalue weighted by Gasteiger charge is -2.06. The third-order valence-corrected chi connectivity index (χ3v) is 4.40. The molecule has 0 aliphatic heterocycles. The molecule has 0 radical (unpaired) electrons. The van der Waals surface area contributed by atoms with Gasteiger partial charge in [0.05, 0.1) is 5.75 Å². The van der Waals surface area contributed by atoms with E-state index in [0.717, 1.165) is 5.56 Å². The Morgan fingerprint density at radius 1 is 1.11 bits per heavy atom. The van der Waals surface area contributed by atoms with Crippen LogP contribution in [0.3, 0.4) is 0 Å². The predicted molar refractivity (Wildman–Crippen MR) is 72.0 cm³/mol. The highest BCUT2D eigenvalue weighted by molar-refractivity contribution is 7.89. The van der Waals surface area contributed by atoms with Crippen LogP contribution in [0.15, 0.2) is 55.1 Å². The molecule has 0 atom stereocenters. The van der Waals surface area contributed by atoms with Crippen molar-refractivity contribution < 1.29 is 8.42 Å². The number of nitrogens with zero attached hydrogens (tertiary/aromatic N) is 3. The summed E-state index contributed by atoms with van der Waals surface area (Å²) in [5.74, 6) is -0.0539. The molecule has 0 aliphatic rings. The smallest absolute Gasteiger partial charge is 0.244 e. The molecule has 0 fully saturated rings. The van der Waals surface area contributed by atoms with E-state index in [2.05, 4.69) is 9.97 Å². The van der Waals surface area contributed by atoms with Crippen LogP contribution in [-0.4, -0.2) is 22.4 Å². The average Bonchev–Trinajstić information content (AvgIpc) is 2.84. The van der Waals surface area contributed by atoms with Crippen molar-refractivity contribution in [1.82, 2.24) is 13.9 Å². The topological polar surface area (TPSA) is 64.8 Å². The van der Waals surface area contributed by atoms with Crippen molar-refractivity contribution in [2.75, 3.05) is 0 Å². The van der Waals surface area contributed by atoms with Crippen molar-refractivity contribution in [3.05, 3.63) is 60.7 Å². The van der Waals surface area contributed by atoms with Crippen LogP contribution in [0.1, 0.15) is 5.56 Å². The van der Waals surface area contributed by atoms with Crippen LogP contribution in [0, 0.1) is 0 Å². The zero-order valence-electron chi connectivity index (χ0n) is 9.97. The fraction of sp³-hybridized carbons (Fsp3) is 0.0769. The molecule has 0 spiro atoms. The van der Waals surface area contributed by atoms with Gasteiger partial charge in [-0.15, -0.1) is 0 Å². The van der Waals surface area contributed by atoms with E-state index < -0.39 is 10.0 Å². The molecule has 3 rings (SSSR count). The third kappa shape index (κ3) is 2.22. The van der Waals surface area contributed by atoms with Crippen LogP contribution >= 0.6 is 0 Å². The van der Waals surface area contributed by atoms with Gasteiger partial charge in [-0.25, -0.2) is 22.4 Å². The lowest BCUT2D eigenvalue weighted by atomic mass is 10.2. The van der Waals surface area contributed by atoms with Gasteiger partial charge >= 0.3 is 0 Å². The van der Waals surface area contributed by atoms with Crippen molar-refractivity contribution in [2.24, 2.45) is 0 Å². The van der Waals surface area contributed by atoms with E-state index in [-0.39, 0.29) is 5.75 Å². The summed E-state index contributed by atoms with van der Waals surface area (Å²) in [7, 11) is -3.47. The maximum absolute atomic E-state index is 12.4. The molecule has 0 amide bonds. The molecule has 0 saturated carbocycles. The van der Waals surface area contributed by atoms with Crippen molar-refractivity contribution in [3.8, 4) is 0 Å². The molecule has 0 bridgehead atoms. The van der Waals surface area contributed by atoms with Crippen molar-refractivity contribution in [1.29, 1.82) is 0 Å².